The molecule has 1 fully saturated rings. The van der Waals surface area contributed by atoms with Crippen molar-refractivity contribution in [2.45, 2.75) is 230 Å². The summed E-state index contributed by atoms with van der Waals surface area (Å²) in [6.45, 7) is 3.17. The lowest BCUT2D eigenvalue weighted by molar-refractivity contribution is -0.220. The van der Waals surface area contributed by atoms with Crippen LogP contribution >= 0.6 is 7.82 Å². The molecule has 0 saturated heterocycles. The molecule has 0 aromatic heterocycles. The first-order chi connectivity index (χ1) is 30.9. The van der Waals surface area contributed by atoms with Gasteiger partial charge in [-0.25, -0.2) is 4.57 Å². The van der Waals surface area contributed by atoms with E-state index in [1.807, 2.05) is 0 Å². The Bertz CT molecular complexity index is 1350. The average molecular weight is 927 g/mol. The number of hydrogen-bond acceptors (Lipinski definition) is 12. The number of aliphatic hydroxyl groups is 5. The average Bonchev–Trinajstić information content (AvgIpc) is 3.28. The van der Waals surface area contributed by atoms with E-state index in [0.29, 0.717) is 12.8 Å². The van der Waals surface area contributed by atoms with Crippen LogP contribution in [0.4, 0.5) is 0 Å². The van der Waals surface area contributed by atoms with Crippen LogP contribution in [-0.2, 0) is 32.7 Å². The van der Waals surface area contributed by atoms with E-state index in [0.717, 1.165) is 70.6 Å². The zero-order valence-electron chi connectivity index (χ0n) is 39.3. The number of phosphoric acid groups is 1. The van der Waals surface area contributed by atoms with E-state index in [9.17, 15) is 44.6 Å². The Kier molecular flexibility index (Phi) is 36.9. The lowest BCUT2D eigenvalue weighted by Crippen LogP contribution is -2.64. The van der Waals surface area contributed by atoms with Gasteiger partial charge in [0.1, 0.15) is 43.2 Å². The van der Waals surface area contributed by atoms with Crippen molar-refractivity contribution in [2.24, 2.45) is 0 Å². The molecule has 0 heterocycles. The summed E-state index contributed by atoms with van der Waals surface area (Å²) in [4.78, 5) is 35.8. The van der Waals surface area contributed by atoms with Crippen molar-refractivity contribution < 1.29 is 63.1 Å². The summed E-state index contributed by atoms with van der Waals surface area (Å²) < 4.78 is 33.6. The fourth-order valence-electron chi connectivity index (χ4n) is 7.20. The summed E-state index contributed by atoms with van der Waals surface area (Å²) >= 11 is 0. The van der Waals surface area contributed by atoms with Gasteiger partial charge in [0.15, 0.2) is 6.10 Å². The SMILES string of the molecule is CC/C=C\C/C=C\C/C=C\C/C=C\C/C=C\CCCCCC(=O)OC(COC(=O)CCCCCCCCCCCCCCCCCC)COP(=O)(O)OC1C(O)C(O)C(O)C(O)C1O. The van der Waals surface area contributed by atoms with Crippen LogP contribution in [0.25, 0.3) is 0 Å². The van der Waals surface area contributed by atoms with Gasteiger partial charge in [0.2, 0.25) is 0 Å². The Balaban J connectivity index is 2.46. The highest BCUT2D eigenvalue weighted by molar-refractivity contribution is 7.47. The minimum atomic E-state index is -5.13. The molecule has 0 spiro atoms. The number of hydrogen-bond donors (Lipinski definition) is 6. The number of esters is 2. The highest BCUT2D eigenvalue weighted by Gasteiger charge is 2.51. The minimum absolute atomic E-state index is 0.0567. The highest BCUT2D eigenvalue weighted by atomic mass is 31.2. The van der Waals surface area contributed by atoms with Gasteiger partial charge in [0, 0.05) is 12.8 Å². The second kappa shape index (κ2) is 39.7. The summed E-state index contributed by atoms with van der Waals surface area (Å²) in [7, 11) is -5.13. The first-order valence-electron chi connectivity index (χ1n) is 24.6. The molecule has 0 amide bonds. The number of rotatable bonds is 40. The van der Waals surface area contributed by atoms with Crippen LogP contribution in [0.5, 0.6) is 0 Å². The number of unbranched alkanes of at least 4 members (excludes halogenated alkanes) is 18. The van der Waals surface area contributed by atoms with Crippen molar-refractivity contribution in [3.63, 3.8) is 0 Å². The molecule has 0 aromatic carbocycles. The Labute approximate surface area is 385 Å². The standard InChI is InChI=1S/C50H87O13P/c1-3-5-7-9-11-13-15-17-19-21-22-23-25-27-29-31-33-35-37-39-44(52)62-42(41-61-64(58,59)63-50-48(56)46(54)45(53)47(55)49(50)57)40-60-43(51)38-36-34-32-30-28-26-24-20-18-16-14-12-10-8-6-4-2/h5,7,11,13,17,19,22-23,27,29,42,45-50,53-57H,3-4,6,8-10,12,14-16,18,20-21,24-26,28,30-41H2,1-2H3,(H,58,59)/b7-5-,13-11-,19-17-,23-22-,29-27-. The quantitative estimate of drug-likeness (QED) is 0.0146. The van der Waals surface area contributed by atoms with Gasteiger partial charge in [0.25, 0.3) is 0 Å². The molecule has 0 bridgehead atoms. The molecule has 13 nitrogen and oxygen atoms in total. The highest BCUT2D eigenvalue weighted by Crippen LogP contribution is 2.47. The first kappa shape index (κ1) is 59.6. The summed E-state index contributed by atoms with van der Waals surface area (Å²) in [5, 5.41) is 50.2. The van der Waals surface area contributed by atoms with Crippen LogP contribution in [-0.4, -0.2) is 98.3 Å². The van der Waals surface area contributed by atoms with Gasteiger partial charge in [-0.15, -0.1) is 0 Å². The second-order valence-electron chi connectivity index (χ2n) is 16.9. The maximum Gasteiger partial charge on any atom is 0.472 e. The van der Waals surface area contributed by atoms with Crippen LogP contribution in [0.2, 0.25) is 0 Å². The van der Waals surface area contributed by atoms with Gasteiger partial charge in [0.05, 0.1) is 6.61 Å². The van der Waals surface area contributed by atoms with Crippen molar-refractivity contribution in [1.29, 1.82) is 0 Å². The van der Waals surface area contributed by atoms with Crippen molar-refractivity contribution in [2.75, 3.05) is 13.2 Å². The Hall–Kier alpha value is -2.45. The molecule has 0 aliphatic heterocycles. The predicted octanol–water partition coefficient (Wildman–Crippen LogP) is 10.1. The number of aliphatic hydroxyl groups excluding tert-OH is 5. The smallest absolute Gasteiger partial charge is 0.462 e. The van der Waals surface area contributed by atoms with Crippen LogP contribution in [0.1, 0.15) is 187 Å². The molecular formula is C50H87O13P. The summed E-state index contributed by atoms with van der Waals surface area (Å²) in [6, 6.07) is 0. The van der Waals surface area contributed by atoms with E-state index >= 15 is 0 Å². The Morgan fingerprint density at radius 2 is 0.891 bits per heavy atom. The number of phosphoric ester groups is 1. The van der Waals surface area contributed by atoms with Crippen molar-refractivity contribution >= 4 is 19.8 Å². The van der Waals surface area contributed by atoms with Crippen LogP contribution < -0.4 is 0 Å². The third-order valence-electron chi connectivity index (χ3n) is 11.1. The maximum absolute atomic E-state index is 12.8. The van der Waals surface area contributed by atoms with Gasteiger partial charge >= 0.3 is 19.8 Å². The van der Waals surface area contributed by atoms with Gasteiger partial charge < -0.3 is 39.9 Å². The summed E-state index contributed by atoms with van der Waals surface area (Å²) in [5.41, 5.74) is 0. The lowest BCUT2D eigenvalue weighted by Gasteiger charge is -2.41. The fourth-order valence-corrected chi connectivity index (χ4v) is 8.17. The molecule has 0 aromatic rings. The molecule has 6 unspecified atom stereocenters. The Morgan fingerprint density at radius 1 is 0.500 bits per heavy atom. The maximum atomic E-state index is 12.8. The summed E-state index contributed by atoms with van der Waals surface area (Å²) in [6.07, 6.45) is 35.5. The normalized spacial score (nSPS) is 22.1. The molecule has 1 aliphatic carbocycles. The van der Waals surface area contributed by atoms with E-state index in [1.54, 1.807) is 0 Å². The Morgan fingerprint density at radius 3 is 1.36 bits per heavy atom. The number of ether oxygens (including phenoxy) is 2. The number of carbonyl (C=O) groups excluding carboxylic acids is 2. The van der Waals surface area contributed by atoms with Gasteiger partial charge in [-0.2, -0.15) is 0 Å². The van der Waals surface area contributed by atoms with Gasteiger partial charge in [-0.3, -0.25) is 18.6 Å². The summed E-state index contributed by atoms with van der Waals surface area (Å²) in [5.74, 6) is -1.13. The van der Waals surface area contributed by atoms with Crippen LogP contribution in [0.15, 0.2) is 60.8 Å². The number of allylic oxidation sites excluding steroid dienone is 10. The predicted molar refractivity (Wildman–Crippen MR) is 253 cm³/mol. The zero-order chi connectivity index (χ0) is 47.1. The van der Waals surface area contributed by atoms with Crippen molar-refractivity contribution in [1.82, 2.24) is 0 Å². The molecule has 1 saturated carbocycles. The molecule has 6 atom stereocenters. The zero-order valence-corrected chi connectivity index (χ0v) is 40.2. The van der Waals surface area contributed by atoms with Gasteiger partial charge in [-0.1, -0.05) is 177 Å². The van der Waals surface area contributed by atoms with E-state index < -0.39 is 75.7 Å². The van der Waals surface area contributed by atoms with Crippen molar-refractivity contribution in [3.05, 3.63) is 60.8 Å². The number of carbonyl (C=O) groups is 2. The molecule has 6 N–H and O–H groups in total. The molecule has 14 heteroatoms. The van der Waals surface area contributed by atoms with Crippen molar-refractivity contribution in [3.8, 4) is 0 Å². The van der Waals surface area contributed by atoms with Crippen LogP contribution in [0.3, 0.4) is 0 Å². The third kappa shape index (κ3) is 31.5. The molecular weight excluding hydrogens is 840 g/mol. The molecule has 0 radical (unpaired) electrons. The third-order valence-corrected chi connectivity index (χ3v) is 12.1. The minimum Gasteiger partial charge on any atom is -0.462 e. The fraction of sp³-hybridized carbons (Fsp3) is 0.760. The molecule has 1 rings (SSSR count). The molecule has 64 heavy (non-hydrogen) atoms. The van der Waals surface area contributed by atoms with Gasteiger partial charge in [-0.05, 0) is 57.8 Å². The first-order valence-corrected chi connectivity index (χ1v) is 26.1. The van der Waals surface area contributed by atoms with E-state index in [1.165, 1.54) is 77.0 Å². The second-order valence-corrected chi connectivity index (χ2v) is 18.3. The van der Waals surface area contributed by atoms with E-state index in [-0.39, 0.29) is 12.8 Å². The monoisotopic (exact) mass is 927 g/mol. The van der Waals surface area contributed by atoms with Crippen LogP contribution in [0, 0.1) is 0 Å². The van der Waals surface area contributed by atoms with E-state index in [2.05, 4.69) is 74.6 Å². The van der Waals surface area contributed by atoms with E-state index in [4.69, 9.17) is 18.5 Å². The molecule has 1 aliphatic rings. The topological polar surface area (TPSA) is 210 Å². The lowest BCUT2D eigenvalue weighted by atomic mass is 9.85. The largest absolute Gasteiger partial charge is 0.472 e. The molecule has 370 valence electrons.